The third-order valence-electron chi connectivity index (χ3n) is 6.81. The lowest BCUT2D eigenvalue weighted by molar-refractivity contribution is -0.0538. The Morgan fingerprint density at radius 1 is 1.00 bits per heavy atom. The molecule has 3 N–H and O–H groups in total. The van der Waals surface area contributed by atoms with E-state index in [1.807, 2.05) is 0 Å². The Morgan fingerprint density at radius 2 is 1.56 bits per heavy atom. The van der Waals surface area contributed by atoms with Crippen LogP contribution in [0.25, 0.3) is 4.85 Å². The molecular formula is C24H32N5O11P. The number of aromatic nitrogens is 4. The first-order valence-electron chi connectivity index (χ1n) is 13.0. The topological polar surface area (TPSA) is 198 Å². The summed E-state index contributed by atoms with van der Waals surface area (Å²) in [4.78, 5) is 55.7. The summed E-state index contributed by atoms with van der Waals surface area (Å²) in [6.07, 6.45) is -2.20. The second kappa shape index (κ2) is 12.8. The van der Waals surface area contributed by atoms with Gasteiger partial charge in [-0.1, -0.05) is 6.92 Å². The number of nitrogens with one attached hydrogen (secondary N) is 2. The zero-order valence-corrected chi connectivity index (χ0v) is 23.6. The molecule has 16 nitrogen and oxygen atoms in total. The highest BCUT2D eigenvalue weighted by Crippen LogP contribution is 2.53. The van der Waals surface area contributed by atoms with E-state index >= 15 is 0 Å². The number of hydrogen-bond acceptors (Lipinski definition) is 11. The SMILES string of the molecule is [C-]#[N+]CCOP(=O)(OCC1OC(n2cc(C)c(=O)[nH]c2=O)CC1O)OC1CC(n2cc(C)c(=O)[nH]c2=O)OC1CC. The molecule has 224 valence electrons. The highest BCUT2D eigenvalue weighted by Gasteiger charge is 2.44. The van der Waals surface area contributed by atoms with Crippen molar-refractivity contribution in [1.29, 1.82) is 0 Å². The number of phosphoric acid groups is 1. The molecule has 17 heteroatoms. The van der Waals surface area contributed by atoms with Crippen molar-refractivity contribution < 1.29 is 32.7 Å². The summed E-state index contributed by atoms with van der Waals surface area (Å²) < 4.78 is 44.5. The lowest BCUT2D eigenvalue weighted by atomic mass is 10.1. The second-order valence-electron chi connectivity index (χ2n) is 9.76. The van der Waals surface area contributed by atoms with Crippen molar-refractivity contribution in [1.82, 2.24) is 19.1 Å². The van der Waals surface area contributed by atoms with Gasteiger partial charge in [0.05, 0.1) is 24.9 Å². The van der Waals surface area contributed by atoms with Crippen LogP contribution in [0.2, 0.25) is 0 Å². The van der Waals surface area contributed by atoms with Gasteiger partial charge in [0.1, 0.15) is 25.2 Å². The normalized spacial score (nSPS) is 27.5. The quantitative estimate of drug-likeness (QED) is 0.185. The molecule has 0 saturated carbocycles. The first-order chi connectivity index (χ1) is 19.4. The van der Waals surface area contributed by atoms with Gasteiger partial charge in [-0.15, -0.1) is 0 Å². The molecule has 0 radical (unpaired) electrons. The van der Waals surface area contributed by atoms with E-state index in [2.05, 4.69) is 14.8 Å². The molecule has 4 rings (SSSR count). The number of ether oxygens (including phenoxy) is 2. The smallest absolute Gasteiger partial charge is 0.390 e. The number of nitrogens with zero attached hydrogens (tertiary/aromatic N) is 3. The van der Waals surface area contributed by atoms with Crippen LogP contribution in [0.4, 0.5) is 0 Å². The Morgan fingerprint density at radius 3 is 2.12 bits per heavy atom. The van der Waals surface area contributed by atoms with E-state index < -0.39 is 73.8 Å². The van der Waals surface area contributed by atoms with E-state index in [0.29, 0.717) is 12.0 Å². The van der Waals surface area contributed by atoms with Crippen LogP contribution in [-0.2, 0) is 27.6 Å². The summed E-state index contributed by atoms with van der Waals surface area (Å²) >= 11 is 0. The Balaban J connectivity index is 1.48. The monoisotopic (exact) mass is 597 g/mol. The standard InChI is InChI=1S/C24H32N5O11P/c1-5-16-17(9-20(38-16)29-11-14(3)22(32)27-24(29)34)40-41(35,36-7-6-25-4)37-12-18-15(30)8-19(39-18)28-10-13(2)21(31)26-23(28)33/h10-11,15-20,30H,5-9,12H2,1-3H3,(H,26,31,33)(H,27,32,34). The minimum absolute atomic E-state index is 0.00739. The summed E-state index contributed by atoms with van der Waals surface area (Å²) in [6.45, 7) is 11.0. The highest BCUT2D eigenvalue weighted by atomic mass is 31.2. The van der Waals surface area contributed by atoms with Crippen LogP contribution in [0.3, 0.4) is 0 Å². The van der Waals surface area contributed by atoms with Crippen LogP contribution >= 0.6 is 7.82 Å². The van der Waals surface area contributed by atoms with Crippen molar-refractivity contribution in [3.63, 3.8) is 0 Å². The fourth-order valence-corrected chi connectivity index (χ4v) is 5.99. The molecule has 4 heterocycles. The van der Waals surface area contributed by atoms with Crippen molar-refractivity contribution >= 4 is 7.82 Å². The zero-order chi connectivity index (χ0) is 29.9. The minimum atomic E-state index is -4.37. The maximum atomic E-state index is 13.7. The lowest BCUT2D eigenvalue weighted by Gasteiger charge is -2.24. The van der Waals surface area contributed by atoms with Crippen molar-refractivity contribution in [2.75, 3.05) is 19.8 Å². The van der Waals surface area contributed by atoms with Crippen LogP contribution in [-0.4, -0.2) is 68.4 Å². The molecule has 2 aliphatic rings. The molecule has 2 aliphatic heterocycles. The van der Waals surface area contributed by atoms with Crippen molar-refractivity contribution in [3.05, 3.63) is 76.6 Å². The largest absolute Gasteiger partial charge is 0.475 e. The molecule has 0 amide bonds. The predicted octanol–water partition coefficient (Wildman–Crippen LogP) is 0.495. The Kier molecular flexibility index (Phi) is 9.60. The van der Waals surface area contributed by atoms with E-state index in [4.69, 9.17) is 29.6 Å². The second-order valence-corrected chi connectivity index (χ2v) is 11.4. The number of aryl methyl sites for hydroxylation is 2. The average molecular weight is 598 g/mol. The van der Waals surface area contributed by atoms with Gasteiger partial charge in [-0.05, 0) is 20.3 Å². The molecule has 2 fully saturated rings. The fourth-order valence-electron chi connectivity index (χ4n) is 4.61. The van der Waals surface area contributed by atoms with Gasteiger partial charge in [0.15, 0.2) is 0 Å². The van der Waals surface area contributed by atoms with Gasteiger partial charge < -0.3 is 19.4 Å². The summed E-state index contributed by atoms with van der Waals surface area (Å²) in [5, 5.41) is 10.6. The van der Waals surface area contributed by atoms with E-state index in [1.54, 1.807) is 13.8 Å². The zero-order valence-electron chi connectivity index (χ0n) is 22.7. The summed E-state index contributed by atoms with van der Waals surface area (Å²) in [7, 11) is -4.37. The first-order valence-corrected chi connectivity index (χ1v) is 14.4. The van der Waals surface area contributed by atoms with Gasteiger partial charge in [0, 0.05) is 36.4 Å². The van der Waals surface area contributed by atoms with Crippen molar-refractivity contribution in [3.8, 4) is 0 Å². The summed E-state index contributed by atoms with van der Waals surface area (Å²) in [5.41, 5.74) is -1.87. The van der Waals surface area contributed by atoms with Crippen LogP contribution in [0.1, 0.15) is 49.8 Å². The van der Waals surface area contributed by atoms with Crippen LogP contribution < -0.4 is 22.5 Å². The summed E-state index contributed by atoms with van der Waals surface area (Å²) in [6, 6.07) is 0. The van der Waals surface area contributed by atoms with E-state index in [9.17, 15) is 28.8 Å². The first kappa shape index (κ1) is 30.8. The number of aromatic amines is 2. The predicted molar refractivity (Wildman–Crippen MR) is 141 cm³/mol. The number of hydrogen-bond donors (Lipinski definition) is 3. The maximum absolute atomic E-state index is 13.7. The molecular weight excluding hydrogens is 565 g/mol. The molecule has 7 unspecified atom stereocenters. The van der Waals surface area contributed by atoms with Gasteiger partial charge >= 0.3 is 19.2 Å². The molecule has 2 saturated heterocycles. The van der Waals surface area contributed by atoms with Crippen molar-refractivity contribution in [2.45, 2.75) is 76.9 Å². The molecule has 0 aliphatic carbocycles. The Labute approximate surface area is 233 Å². The molecule has 0 spiro atoms. The highest BCUT2D eigenvalue weighted by molar-refractivity contribution is 7.48. The van der Waals surface area contributed by atoms with Crippen LogP contribution in [0.15, 0.2) is 31.6 Å². The molecule has 2 aromatic heterocycles. The summed E-state index contributed by atoms with van der Waals surface area (Å²) in [5.74, 6) is 0. The fraction of sp³-hybridized carbons (Fsp3) is 0.625. The van der Waals surface area contributed by atoms with Gasteiger partial charge in [-0.3, -0.25) is 42.3 Å². The van der Waals surface area contributed by atoms with Gasteiger partial charge in [-0.25, -0.2) is 20.7 Å². The van der Waals surface area contributed by atoms with Crippen molar-refractivity contribution in [2.24, 2.45) is 0 Å². The number of aliphatic hydroxyl groups excluding tert-OH is 1. The molecule has 41 heavy (non-hydrogen) atoms. The van der Waals surface area contributed by atoms with Gasteiger partial charge in [0.2, 0.25) is 6.54 Å². The van der Waals surface area contributed by atoms with E-state index in [0.717, 1.165) is 4.57 Å². The minimum Gasteiger partial charge on any atom is -0.390 e. The number of aliphatic hydroxyl groups is 1. The number of phosphoric ester groups is 1. The Hall–Kier alpha value is -3.16. The molecule has 0 bridgehead atoms. The van der Waals surface area contributed by atoms with E-state index in [1.165, 1.54) is 23.9 Å². The lowest BCUT2D eigenvalue weighted by Crippen LogP contribution is -2.33. The average Bonchev–Trinajstić information content (AvgIpc) is 3.49. The third-order valence-corrected chi connectivity index (χ3v) is 8.31. The van der Waals surface area contributed by atoms with Gasteiger partial charge in [-0.2, -0.15) is 0 Å². The molecule has 0 aromatic carbocycles. The number of H-pyrrole nitrogens is 2. The van der Waals surface area contributed by atoms with Crippen LogP contribution in [0.5, 0.6) is 0 Å². The third kappa shape index (κ3) is 7.02. The number of rotatable bonds is 11. The van der Waals surface area contributed by atoms with Crippen LogP contribution in [0, 0.1) is 20.4 Å². The van der Waals surface area contributed by atoms with Gasteiger partial charge in [0.25, 0.3) is 11.1 Å². The Bertz CT molecular complexity index is 1570. The van der Waals surface area contributed by atoms with E-state index in [-0.39, 0.29) is 31.6 Å². The molecule has 7 atom stereocenters. The molecule has 2 aromatic rings. The maximum Gasteiger partial charge on any atom is 0.475 e.